The number of hydrogen-bond acceptors (Lipinski definition) is 5. The molecule has 0 radical (unpaired) electrons. The third-order valence-corrected chi connectivity index (χ3v) is 3.81. The lowest BCUT2D eigenvalue weighted by Crippen LogP contribution is -2.19. The molecular weight excluding hydrogens is 292 g/mol. The second kappa shape index (κ2) is 5.97. The monoisotopic (exact) mass is 308 g/mol. The minimum absolute atomic E-state index is 0.142. The molecule has 0 aliphatic carbocycles. The molecule has 1 aromatic carbocycles. The van der Waals surface area contributed by atoms with Crippen LogP contribution in [0.2, 0.25) is 5.02 Å². The van der Waals surface area contributed by atoms with Crippen molar-refractivity contribution in [1.29, 1.82) is 0 Å². The molecule has 4 nitrogen and oxygen atoms in total. The maximum Gasteiger partial charge on any atom is 0.223 e. The average Bonchev–Trinajstić information content (AvgIpc) is 2.36. The lowest BCUT2D eigenvalue weighted by atomic mass is 9.96. The molecule has 0 spiro atoms. The van der Waals surface area contributed by atoms with E-state index in [0.717, 1.165) is 15.7 Å². The van der Waals surface area contributed by atoms with E-state index in [-0.39, 0.29) is 11.4 Å². The van der Waals surface area contributed by atoms with Gasteiger partial charge in [-0.15, -0.1) is 11.8 Å². The van der Waals surface area contributed by atoms with Crippen LogP contribution in [0.3, 0.4) is 0 Å². The molecule has 0 atom stereocenters. The smallest absolute Gasteiger partial charge is 0.223 e. The molecule has 2 N–H and O–H groups in total. The first kappa shape index (κ1) is 15.1. The summed E-state index contributed by atoms with van der Waals surface area (Å²) in [4.78, 5) is 14.0. The van der Waals surface area contributed by atoms with Gasteiger partial charge in [0, 0.05) is 15.3 Å². The summed E-state index contributed by atoms with van der Waals surface area (Å²) < 4.78 is 0. The fourth-order valence-electron chi connectivity index (χ4n) is 1.52. The van der Waals surface area contributed by atoms with Crippen LogP contribution in [0, 0.1) is 0 Å². The predicted molar refractivity (Wildman–Crippen MR) is 84.0 cm³/mol. The summed E-state index contributed by atoms with van der Waals surface area (Å²) in [5.41, 5.74) is 5.61. The molecule has 0 aliphatic heterocycles. The molecule has 0 fully saturated rings. The third kappa shape index (κ3) is 4.08. The quantitative estimate of drug-likeness (QED) is 0.876. The number of aromatic nitrogens is 3. The molecule has 2 rings (SSSR count). The van der Waals surface area contributed by atoms with Crippen LogP contribution >= 0.6 is 23.4 Å². The number of nitrogen functional groups attached to an aromatic ring is 1. The summed E-state index contributed by atoms with van der Waals surface area (Å²) >= 11 is 7.51. The highest BCUT2D eigenvalue weighted by molar-refractivity contribution is 7.98. The molecule has 0 aliphatic rings. The molecule has 0 amide bonds. The number of halogens is 1. The Hall–Kier alpha value is -1.33. The van der Waals surface area contributed by atoms with E-state index in [4.69, 9.17) is 17.3 Å². The first-order valence-corrected chi connectivity index (χ1v) is 7.60. The molecule has 20 heavy (non-hydrogen) atoms. The van der Waals surface area contributed by atoms with Crippen molar-refractivity contribution in [1.82, 2.24) is 15.0 Å². The van der Waals surface area contributed by atoms with Gasteiger partial charge in [-0.1, -0.05) is 32.4 Å². The molecular formula is C14H17ClN4S. The Balaban J connectivity index is 2.13. The minimum Gasteiger partial charge on any atom is -0.368 e. The fourth-order valence-corrected chi connectivity index (χ4v) is 2.40. The number of rotatable bonds is 3. The molecule has 0 bridgehead atoms. The van der Waals surface area contributed by atoms with E-state index in [1.54, 1.807) is 11.8 Å². The van der Waals surface area contributed by atoms with E-state index < -0.39 is 0 Å². The van der Waals surface area contributed by atoms with Crippen LogP contribution in [-0.4, -0.2) is 15.0 Å². The molecule has 2 aromatic rings. The maximum atomic E-state index is 5.86. The zero-order valence-electron chi connectivity index (χ0n) is 11.7. The Morgan fingerprint density at radius 1 is 1.10 bits per heavy atom. The lowest BCUT2D eigenvalue weighted by Gasteiger charge is -2.17. The highest BCUT2D eigenvalue weighted by Gasteiger charge is 2.19. The Labute approximate surface area is 128 Å². The normalized spacial score (nSPS) is 11.6. The van der Waals surface area contributed by atoms with Gasteiger partial charge in [-0.25, -0.2) is 4.98 Å². The van der Waals surface area contributed by atoms with E-state index in [1.165, 1.54) is 0 Å². The number of benzene rings is 1. The number of anilines is 1. The van der Waals surface area contributed by atoms with Gasteiger partial charge in [-0.2, -0.15) is 9.97 Å². The van der Waals surface area contributed by atoms with Crippen molar-refractivity contribution < 1.29 is 0 Å². The molecule has 0 saturated heterocycles. The zero-order chi connectivity index (χ0) is 14.8. The highest BCUT2D eigenvalue weighted by Crippen LogP contribution is 2.24. The van der Waals surface area contributed by atoms with Crippen molar-refractivity contribution in [3.05, 3.63) is 40.9 Å². The van der Waals surface area contributed by atoms with Gasteiger partial charge in [0.15, 0.2) is 0 Å². The van der Waals surface area contributed by atoms with E-state index >= 15 is 0 Å². The number of nitrogens with two attached hydrogens (primary N) is 1. The van der Waals surface area contributed by atoms with Crippen molar-refractivity contribution in [2.24, 2.45) is 0 Å². The van der Waals surface area contributed by atoms with Gasteiger partial charge in [-0.3, -0.25) is 0 Å². The fraction of sp³-hybridized carbons (Fsp3) is 0.357. The largest absolute Gasteiger partial charge is 0.368 e. The summed E-state index contributed by atoms with van der Waals surface area (Å²) in [6.45, 7) is 6.16. The minimum atomic E-state index is -0.142. The summed E-state index contributed by atoms with van der Waals surface area (Å²) in [7, 11) is 0. The molecule has 0 saturated carbocycles. The molecule has 0 unspecified atom stereocenters. The summed E-state index contributed by atoms with van der Waals surface area (Å²) in [5, 5.41) is 0.730. The van der Waals surface area contributed by atoms with Crippen LogP contribution in [0.25, 0.3) is 0 Å². The Morgan fingerprint density at radius 2 is 1.75 bits per heavy atom. The zero-order valence-corrected chi connectivity index (χ0v) is 13.3. The lowest BCUT2D eigenvalue weighted by molar-refractivity contribution is 0.539. The van der Waals surface area contributed by atoms with Crippen molar-refractivity contribution in [3.63, 3.8) is 0 Å². The van der Waals surface area contributed by atoms with Crippen LogP contribution < -0.4 is 5.73 Å². The summed E-state index contributed by atoms with van der Waals surface area (Å²) in [5.74, 6) is 2.34. The molecule has 1 heterocycles. The summed E-state index contributed by atoms with van der Waals surface area (Å²) in [6, 6.07) is 7.68. The van der Waals surface area contributed by atoms with E-state index in [0.29, 0.717) is 11.6 Å². The van der Waals surface area contributed by atoms with Gasteiger partial charge in [0.25, 0.3) is 0 Å². The first-order chi connectivity index (χ1) is 9.34. The predicted octanol–water partition coefficient (Wildman–Crippen LogP) is 3.70. The topological polar surface area (TPSA) is 64.7 Å². The van der Waals surface area contributed by atoms with E-state index in [1.807, 2.05) is 24.3 Å². The second-order valence-corrected chi connectivity index (χ2v) is 6.91. The second-order valence-electron chi connectivity index (χ2n) is 5.43. The first-order valence-electron chi connectivity index (χ1n) is 6.24. The van der Waals surface area contributed by atoms with Crippen LogP contribution in [-0.2, 0) is 11.2 Å². The van der Waals surface area contributed by atoms with Crippen molar-refractivity contribution in [2.45, 2.75) is 36.8 Å². The average molecular weight is 309 g/mol. The van der Waals surface area contributed by atoms with Gasteiger partial charge in [-0.05, 0) is 24.3 Å². The van der Waals surface area contributed by atoms with Crippen molar-refractivity contribution in [3.8, 4) is 0 Å². The molecule has 6 heteroatoms. The van der Waals surface area contributed by atoms with Gasteiger partial charge >= 0.3 is 0 Å². The van der Waals surface area contributed by atoms with Crippen molar-refractivity contribution >= 4 is 29.3 Å². The Kier molecular flexibility index (Phi) is 4.50. The number of hydrogen-bond donors (Lipinski definition) is 1. The van der Waals surface area contributed by atoms with Crippen molar-refractivity contribution in [2.75, 3.05) is 5.73 Å². The van der Waals surface area contributed by atoms with E-state index in [9.17, 15) is 0 Å². The van der Waals surface area contributed by atoms with Gasteiger partial charge < -0.3 is 5.73 Å². The number of nitrogens with zero attached hydrogens (tertiary/aromatic N) is 3. The van der Waals surface area contributed by atoms with Gasteiger partial charge in [0.2, 0.25) is 5.95 Å². The SMILES string of the molecule is CC(C)(C)c1nc(N)nc(CSc2ccc(Cl)cc2)n1. The third-order valence-electron chi connectivity index (χ3n) is 2.55. The van der Waals surface area contributed by atoms with Gasteiger partial charge in [0.1, 0.15) is 11.6 Å². The number of thioether (sulfide) groups is 1. The molecule has 1 aromatic heterocycles. The van der Waals surface area contributed by atoms with E-state index in [2.05, 4.69) is 35.7 Å². The van der Waals surface area contributed by atoms with Crippen LogP contribution in [0.15, 0.2) is 29.2 Å². The maximum absolute atomic E-state index is 5.86. The van der Waals surface area contributed by atoms with Crippen LogP contribution in [0.1, 0.15) is 32.4 Å². The Bertz CT molecular complexity index is 593. The van der Waals surface area contributed by atoms with Crippen LogP contribution in [0.5, 0.6) is 0 Å². The highest BCUT2D eigenvalue weighted by atomic mass is 35.5. The summed E-state index contributed by atoms with van der Waals surface area (Å²) in [6.07, 6.45) is 0. The van der Waals surface area contributed by atoms with Crippen LogP contribution in [0.4, 0.5) is 5.95 Å². The van der Waals surface area contributed by atoms with Gasteiger partial charge in [0.05, 0.1) is 5.75 Å². The molecule has 106 valence electrons. The standard InChI is InChI=1S/C14H17ClN4S/c1-14(2,3)12-17-11(18-13(16)19-12)8-20-10-6-4-9(15)5-7-10/h4-7H,8H2,1-3H3,(H2,16,17,18,19). The Morgan fingerprint density at radius 3 is 2.35 bits per heavy atom.